The Bertz CT molecular complexity index is 425. The van der Waals surface area contributed by atoms with Gasteiger partial charge in [0, 0.05) is 25.5 Å². The molecule has 4 heteroatoms. The fourth-order valence-electron chi connectivity index (χ4n) is 2.54. The Labute approximate surface area is 115 Å². The number of aryl methyl sites for hydroxylation is 1. The van der Waals surface area contributed by atoms with E-state index in [1.165, 1.54) is 0 Å². The zero-order valence-electron chi connectivity index (χ0n) is 11.9. The van der Waals surface area contributed by atoms with Crippen molar-refractivity contribution in [3.05, 3.63) is 29.6 Å². The number of carbonyl (C=O) groups is 1. The second kappa shape index (κ2) is 6.66. The highest BCUT2D eigenvalue weighted by Gasteiger charge is 2.23. The summed E-state index contributed by atoms with van der Waals surface area (Å²) in [5.74, 6) is 0.831. The molecule has 0 bridgehead atoms. The van der Waals surface area contributed by atoms with E-state index in [0.29, 0.717) is 11.5 Å². The molecule has 0 unspecified atom stereocenters. The Morgan fingerprint density at radius 1 is 1.42 bits per heavy atom. The number of carbonyl (C=O) groups excluding carboxylic acids is 1. The second-order valence-corrected chi connectivity index (χ2v) is 5.29. The van der Waals surface area contributed by atoms with Crippen LogP contribution in [0.3, 0.4) is 0 Å². The first-order valence-electron chi connectivity index (χ1n) is 7.12. The second-order valence-electron chi connectivity index (χ2n) is 5.29. The highest BCUT2D eigenvalue weighted by Crippen LogP contribution is 2.18. The van der Waals surface area contributed by atoms with E-state index in [9.17, 15) is 4.79 Å². The maximum absolute atomic E-state index is 12.3. The van der Waals surface area contributed by atoms with E-state index in [2.05, 4.69) is 17.2 Å². The standard InChI is InChI=1S/C15H23N3O/c1-3-16-10-13-4-6-18(7-5-13)15(19)14-8-12(2)9-17-11-14/h8-9,11,13,16H,3-7,10H2,1-2H3. The SMILES string of the molecule is CCNCC1CCN(C(=O)c2cncc(C)c2)CC1. The number of amides is 1. The first kappa shape index (κ1) is 14.0. The summed E-state index contributed by atoms with van der Waals surface area (Å²) in [6.07, 6.45) is 5.63. The summed E-state index contributed by atoms with van der Waals surface area (Å²) in [6, 6.07) is 1.92. The predicted molar refractivity (Wildman–Crippen MR) is 76.1 cm³/mol. The average Bonchev–Trinajstić information content (AvgIpc) is 2.45. The third-order valence-corrected chi connectivity index (χ3v) is 3.71. The van der Waals surface area contributed by atoms with E-state index in [4.69, 9.17) is 0 Å². The minimum atomic E-state index is 0.123. The van der Waals surface area contributed by atoms with Crippen molar-refractivity contribution in [2.24, 2.45) is 5.92 Å². The molecular formula is C15H23N3O. The molecule has 1 aliphatic heterocycles. The van der Waals surface area contributed by atoms with E-state index in [0.717, 1.165) is 44.6 Å². The van der Waals surface area contributed by atoms with Crippen molar-refractivity contribution in [3.8, 4) is 0 Å². The van der Waals surface area contributed by atoms with Gasteiger partial charge in [0.05, 0.1) is 5.56 Å². The number of likely N-dealkylation sites (tertiary alicyclic amines) is 1. The molecule has 104 valence electrons. The molecule has 4 nitrogen and oxygen atoms in total. The normalized spacial score (nSPS) is 16.6. The van der Waals surface area contributed by atoms with Gasteiger partial charge in [-0.15, -0.1) is 0 Å². The van der Waals surface area contributed by atoms with Crippen molar-refractivity contribution in [2.45, 2.75) is 26.7 Å². The summed E-state index contributed by atoms with van der Waals surface area (Å²) in [5, 5.41) is 3.39. The topological polar surface area (TPSA) is 45.2 Å². The lowest BCUT2D eigenvalue weighted by molar-refractivity contribution is 0.0690. The van der Waals surface area contributed by atoms with Crippen LogP contribution in [0.2, 0.25) is 0 Å². The molecule has 19 heavy (non-hydrogen) atoms. The van der Waals surface area contributed by atoms with E-state index < -0.39 is 0 Å². The van der Waals surface area contributed by atoms with Crippen LogP contribution in [0.25, 0.3) is 0 Å². The van der Waals surface area contributed by atoms with Gasteiger partial charge in [-0.05, 0) is 50.4 Å². The summed E-state index contributed by atoms with van der Waals surface area (Å²) in [5.41, 5.74) is 1.75. The number of pyridine rings is 1. The van der Waals surface area contributed by atoms with Crippen LogP contribution in [-0.2, 0) is 0 Å². The van der Waals surface area contributed by atoms with Crippen molar-refractivity contribution in [2.75, 3.05) is 26.2 Å². The number of hydrogen-bond acceptors (Lipinski definition) is 3. The molecule has 0 saturated carbocycles. The lowest BCUT2D eigenvalue weighted by atomic mass is 9.96. The Hall–Kier alpha value is -1.42. The van der Waals surface area contributed by atoms with Crippen molar-refractivity contribution in [3.63, 3.8) is 0 Å². The van der Waals surface area contributed by atoms with Gasteiger partial charge >= 0.3 is 0 Å². The molecule has 1 aromatic heterocycles. The number of aromatic nitrogens is 1. The van der Waals surface area contributed by atoms with Gasteiger partial charge in [0.25, 0.3) is 5.91 Å². The van der Waals surface area contributed by atoms with Crippen LogP contribution in [0.4, 0.5) is 0 Å². The van der Waals surface area contributed by atoms with Crippen LogP contribution in [0.15, 0.2) is 18.5 Å². The predicted octanol–water partition coefficient (Wildman–Crippen LogP) is 1.85. The molecular weight excluding hydrogens is 238 g/mol. The number of hydrogen-bond donors (Lipinski definition) is 1. The fraction of sp³-hybridized carbons (Fsp3) is 0.600. The van der Waals surface area contributed by atoms with Crippen LogP contribution < -0.4 is 5.32 Å². The minimum absolute atomic E-state index is 0.123. The van der Waals surface area contributed by atoms with Crippen LogP contribution in [0.5, 0.6) is 0 Å². The molecule has 1 saturated heterocycles. The van der Waals surface area contributed by atoms with Gasteiger partial charge in [0.2, 0.25) is 0 Å². The van der Waals surface area contributed by atoms with Crippen molar-refractivity contribution in [1.82, 2.24) is 15.2 Å². The van der Waals surface area contributed by atoms with Crippen LogP contribution >= 0.6 is 0 Å². The molecule has 2 heterocycles. The molecule has 0 radical (unpaired) electrons. The smallest absolute Gasteiger partial charge is 0.255 e. The average molecular weight is 261 g/mol. The molecule has 2 rings (SSSR count). The van der Waals surface area contributed by atoms with Gasteiger partial charge in [-0.2, -0.15) is 0 Å². The highest BCUT2D eigenvalue weighted by atomic mass is 16.2. The van der Waals surface area contributed by atoms with Gasteiger partial charge in [0.15, 0.2) is 0 Å². The van der Waals surface area contributed by atoms with E-state index >= 15 is 0 Å². The Morgan fingerprint density at radius 2 is 2.16 bits per heavy atom. The Balaban J connectivity index is 1.89. The maximum atomic E-state index is 12.3. The molecule has 0 atom stereocenters. The van der Waals surface area contributed by atoms with E-state index in [-0.39, 0.29) is 5.91 Å². The van der Waals surface area contributed by atoms with Crippen LogP contribution in [-0.4, -0.2) is 42.0 Å². The van der Waals surface area contributed by atoms with Gasteiger partial charge < -0.3 is 10.2 Å². The lowest BCUT2D eigenvalue weighted by Gasteiger charge is -2.32. The molecule has 1 aliphatic rings. The summed E-state index contributed by atoms with van der Waals surface area (Å²) in [7, 11) is 0. The third-order valence-electron chi connectivity index (χ3n) is 3.71. The molecule has 1 fully saturated rings. The van der Waals surface area contributed by atoms with Crippen LogP contribution in [0.1, 0.15) is 35.7 Å². The van der Waals surface area contributed by atoms with Crippen molar-refractivity contribution in [1.29, 1.82) is 0 Å². The molecule has 0 spiro atoms. The minimum Gasteiger partial charge on any atom is -0.339 e. The summed E-state index contributed by atoms with van der Waals surface area (Å²) in [6.45, 7) is 7.92. The van der Waals surface area contributed by atoms with Crippen LogP contribution in [0, 0.1) is 12.8 Å². The number of rotatable bonds is 4. The van der Waals surface area contributed by atoms with Gasteiger partial charge in [0.1, 0.15) is 0 Å². The molecule has 1 aromatic rings. The largest absolute Gasteiger partial charge is 0.339 e. The molecule has 0 aromatic carbocycles. The fourth-order valence-corrected chi connectivity index (χ4v) is 2.54. The van der Waals surface area contributed by atoms with E-state index in [1.807, 2.05) is 17.9 Å². The number of nitrogens with one attached hydrogen (secondary N) is 1. The monoisotopic (exact) mass is 261 g/mol. The molecule has 1 N–H and O–H groups in total. The third kappa shape index (κ3) is 3.77. The van der Waals surface area contributed by atoms with Crippen molar-refractivity contribution < 1.29 is 4.79 Å². The Morgan fingerprint density at radius 3 is 2.79 bits per heavy atom. The first-order chi connectivity index (χ1) is 9.20. The highest BCUT2D eigenvalue weighted by molar-refractivity contribution is 5.94. The van der Waals surface area contributed by atoms with Gasteiger partial charge in [-0.1, -0.05) is 6.92 Å². The molecule has 0 aliphatic carbocycles. The van der Waals surface area contributed by atoms with Gasteiger partial charge in [-0.25, -0.2) is 0 Å². The lowest BCUT2D eigenvalue weighted by Crippen LogP contribution is -2.40. The zero-order valence-corrected chi connectivity index (χ0v) is 11.9. The first-order valence-corrected chi connectivity index (χ1v) is 7.12. The van der Waals surface area contributed by atoms with Crippen molar-refractivity contribution >= 4 is 5.91 Å². The summed E-state index contributed by atoms with van der Waals surface area (Å²) >= 11 is 0. The van der Waals surface area contributed by atoms with Gasteiger partial charge in [-0.3, -0.25) is 9.78 Å². The number of nitrogens with zero attached hydrogens (tertiary/aromatic N) is 2. The number of piperidine rings is 1. The quantitative estimate of drug-likeness (QED) is 0.899. The van der Waals surface area contributed by atoms with E-state index in [1.54, 1.807) is 12.4 Å². The summed E-state index contributed by atoms with van der Waals surface area (Å²) < 4.78 is 0. The Kier molecular flexibility index (Phi) is 4.91. The summed E-state index contributed by atoms with van der Waals surface area (Å²) in [4.78, 5) is 18.4. The molecule has 1 amide bonds. The zero-order chi connectivity index (χ0) is 13.7. The maximum Gasteiger partial charge on any atom is 0.255 e.